The van der Waals surface area contributed by atoms with E-state index in [0.29, 0.717) is 43.7 Å². The molecule has 0 aliphatic carbocycles. The van der Waals surface area contributed by atoms with Crippen molar-refractivity contribution in [2.45, 2.75) is 13.3 Å². The number of nitrogens with zero attached hydrogens (tertiary/aromatic N) is 4. The molecule has 0 spiro atoms. The number of pyridine rings is 1. The molecule has 8 heteroatoms. The highest BCUT2D eigenvalue weighted by molar-refractivity contribution is 5.92. The molecule has 1 aromatic carbocycles. The zero-order chi connectivity index (χ0) is 20.4. The zero-order valence-corrected chi connectivity index (χ0v) is 16.1. The first kappa shape index (κ1) is 18.8. The SMILES string of the molecule is CC(=O)N1CCN(C(=O)c2cc(Cc3n[nH]c(=O)c4ccccc34)ccn2)CC1. The summed E-state index contributed by atoms with van der Waals surface area (Å²) in [5, 5.41) is 8.12. The monoisotopic (exact) mass is 391 g/mol. The van der Waals surface area contributed by atoms with Crippen molar-refractivity contribution in [2.24, 2.45) is 0 Å². The lowest BCUT2D eigenvalue weighted by atomic mass is 10.0. The number of hydrogen-bond acceptors (Lipinski definition) is 5. The van der Waals surface area contributed by atoms with Gasteiger partial charge in [-0.15, -0.1) is 0 Å². The van der Waals surface area contributed by atoms with Crippen LogP contribution in [-0.2, 0) is 11.2 Å². The Balaban J connectivity index is 1.54. The third kappa shape index (κ3) is 3.87. The number of hydrogen-bond donors (Lipinski definition) is 1. The van der Waals surface area contributed by atoms with Crippen LogP contribution in [0.1, 0.15) is 28.7 Å². The minimum absolute atomic E-state index is 0.0258. The van der Waals surface area contributed by atoms with Crippen LogP contribution in [-0.4, -0.2) is 63.0 Å². The van der Waals surface area contributed by atoms with E-state index in [1.165, 1.54) is 6.92 Å². The van der Waals surface area contributed by atoms with E-state index in [2.05, 4.69) is 15.2 Å². The van der Waals surface area contributed by atoms with E-state index in [-0.39, 0.29) is 17.4 Å². The molecule has 0 bridgehead atoms. The number of aromatic amines is 1. The average molecular weight is 391 g/mol. The summed E-state index contributed by atoms with van der Waals surface area (Å²) in [6.45, 7) is 3.60. The smallest absolute Gasteiger partial charge is 0.272 e. The van der Waals surface area contributed by atoms with E-state index in [1.807, 2.05) is 24.3 Å². The Morgan fingerprint density at radius 3 is 2.45 bits per heavy atom. The minimum atomic E-state index is -0.223. The van der Waals surface area contributed by atoms with E-state index in [0.717, 1.165) is 16.6 Å². The van der Waals surface area contributed by atoms with Gasteiger partial charge < -0.3 is 9.80 Å². The van der Waals surface area contributed by atoms with E-state index < -0.39 is 0 Å². The third-order valence-electron chi connectivity index (χ3n) is 5.20. The van der Waals surface area contributed by atoms with Gasteiger partial charge in [0.25, 0.3) is 11.5 Å². The molecular formula is C21H21N5O3. The molecule has 3 aromatic rings. The maximum atomic E-state index is 12.8. The first-order valence-electron chi connectivity index (χ1n) is 9.49. The van der Waals surface area contributed by atoms with Gasteiger partial charge in [0.1, 0.15) is 5.69 Å². The maximum absolute atomic E-state index is 12.8. The lowest BCUT2D eigenvalue weighted by Gasteiger charge is -2.34. The van der Waals surface area contributed by atoms with Crippen LogP contribution in [0.4, 0.5) is 0 Å². The summed E-state index contributed by atoms with van der Waals surface area (Å²) in [5.41, 5.74) is 1.77. The van der Waals surface area contributed by atoms with E-state index >= 15 is 0 Å². The Morgan fingerprint density at radius 2 is 1.72 bits per heavy atom. The molecule has 8 nitrogen and oxygen atoms in total. The van der Waals surface area contributed by atoms with Gasteiger partial charge in [-0.2, -0.15) is 5.10 Å². The quantitative estimate of drug-likeness (QED) is 0.724. The summed E-state index contributed by atoms with van der Waals surface area (Å²) < 4.78 is 0. The van der Waals surface area contributed by atoms with E-state index in [9.17, 15) is 14.4 Å². The van der Waals surface area contributed by atoms with Crippen molar-refractivity contribution in [3.8, 4) is 0 Å². The number of piperazine rings is 1. The molecule has 1 saturated heterocycles. The van der Waals surface area contributed by atoms with Gasteiger partial charge in [-0.3, -0.25) is 19.4 Å². The lowest BCUT2D eigenvalue weighted by molar-refractivity contribution is -0.130. The van der Waals surface area contributed by atoms with Crippen LogP contribution in [0.25, 0.3) is 10.8 Å². The number of carbonyl (C=O) groups is 2. The Hall–Kier alpha value is -3.55. The first-order chi connectivity index (χ1) is 14.0. The van der Waals surface area contributed by atoms with Crippen molar-refractivity contribution >= 4 is 22.6 Å². The van der Waals surface area contributed by atoms with E-state index in [4.69, 9.17) is 0 Å². The Kier molecular flexibility index (Phi) is 5.07. The number of amides is 2. The predicted octanol–water partition coefficient (Wildman–Crippen LogP) is 1.21. The van der Waals surface area contributed by atoms with Crippen molar-refractivity contribution < 1.29 is 9.59 Å². The fourth-order valence-corrected chi connectivity index (χ4v) is 3.59. The molecule has 2 amide bonds. The van der Waals surface area contributed by atoms with E-state index in [1.54, 1.807) is 28.1 Å². The molecular weight excluding hydrogens is 370 g/mol. The van der Waals surface area contributed by atoms with Crippen LogP contribution in [0.15, 0.2) is 47.4 Å². The fourth-order valence-electron chi connectivity index (χ4n) is 3.59. The second-order valence-electron chi connectivity index (χ2n) is 7.07. The van der Waals surface area contributed by atoms with Gasteiger partial charge in [-0.25, -0.2) is 5.10 Å². The summed E-state index contributed by atoms with van der Waals surface area (Å²) in [4.78, 5) is 44.0. The number of carbonyl (C=O) groups excluding carboxylic acids is 2. The van der Waals surface area contributed by atoms with Crippen LogP contribution < -0.4 is 5.56 Å². The summed E-state index contributed by atoms with van der Waals surface area (Å²) in [6, 6.07) is 10.9. The molecule has 148 valence electrons. The van der Waals surface area contributed by atoms with Crippen molar-refractivity contribution in [2.75, 3.05) is 26.2 Å². The molecule has 0 saturated carbocycles. The van der Waals surface area contributed by atoms with Crippen molar-refractivity contribution in [1.29, 1.82) is 0 Å². The first-order valence-corrected chi connectivity index (χ1v) is 9.49. The standard InChI is InChI=1S/C21H21N5O3/c1-14(27)25-8-10-26(11-9-25)21(29)19-13-15(6-7-22-19)12-18-16-4-2-3-5-17(16)20(28)24-23-18/h2-7,13H,8-12H2,1H3,(H,24,28). The number of benzene rings is 1. The van der Waals surface area contributed by atoms with Gasteiger partial charge in [0, 0.05) is 51.1 Å². The molecule has 1 aliphatic rings. The highest BCUT2D eigenvalue weighted by Crippen LogP contribution is 2.17. The maximum Gasteiger partial charge on any atom is 0.272 e. The van der Waals surface area contributed by atoms with Gasteiger partial charge in [0.05, 0.1) is 11.1 Å². The Morgan fingerprint density at radius 1 is 1.03 bits per heavy atom. The summed E-state index contributed by atoms with van der Waals surface area (Å²) in [7, 11) is 0. The molecule has 1 fully saturated rings. The van der Waals surface area contributed by atoms with Gasteiger partial charge in [0.2, 0.25) is 5.91 Å². The van der Waals surface area contributed by atoms with Crippen LogP contribution in [0.3, 0.4) is 0 Å². The summed E-state index contributed by atoms with van der Waals surface area (Å²) in [6.07, 6.45) is 2.08. The number of aromatic nitrogens is 3. The van der Waals surface area contributed by atoms with Crippen LogP contribution in [0.2, 0.25) is 0 Å². The normalized spacial score (nSPS) is 14.2. The third-order valence-corrected chi connectivity index (χ3v) is 5.20. The Bertz CT molecular complexity index is 1130. The van der Waals surface area contributed by atoms with Gasteiger partial charge in [-0.1, -0.05) is 18.2 Å². The highest BCUT2D eigenvalue weighted by atomic mass is 16.2. The summed E-state index contributed by atoms with van der Waals surface area (Å²) >= 11 is 0. The molecule has 29 heavy (non-hydrogen) atoms. The minimum Gasteiger partial charge on any atom is -0.339 e. The number of fused-ring (bicyclic) bond motifs is 1. The number of H-pyrrole nitrogens is 1. The van der Waals surface area contributed by atoms with Gasteiger partial charge >= 0.3 is 0 Å². The Labute approximate surface area is 167 Å². The molecule has 0 radical (unpaired) electrons. The van der Waals surface area contributed by atoms with Crippen LogP contribution >= 0.6 is 0 Å². The lowest BCUT2D eigenvalue weighted by Crippen LogP contribution is -2.50. The average Bonchev–Trinajstić information content (AvgIpc) is 2.76. The van der Waals surface area contributed by atoms with Crippen molar-refractivity contribution in [1.82, 2.24) is 25.0 Å². The second kappa shape index (κ2) is 7.83. The molecule has 0 unspecified atom stereocenters. The molecule has 3 heterocycles. The van der Waals surface area contributed by atoms with Crippen LogP contribution in [0, 0.1) is 0 Å². The number of rotatable bonds is 3. The predicted molar refractivity (Wildman–Crippen MR) is 108 cm³/mol. The number of nitrogens with one attached hydrogen (secondary N) is 1. The molecule has 0 atom stereocenters. The van der Waals surface area contributed by atoms with Crippen molar-refractivity contribution in [3.63, 3.8) is 0 Å². The fraction of sp³-hybridized carbons (Fsp3) is 0.286. The van der Waals surface area contributed by atoms with Crippen molar-refractivity contribution in [3.05, 3.63) is 69.9 Å². The van der Waals surface area contributed by atoms with Crippen LogP contribution in [0.5, 0.6) is 0 Å². The largest absolute Gasteiger partial charge is 0.339 e. The molecule has 2 aromatic heterocycles. The highest BCUT2D eigenvalue weighted by Gasteiger charge is 2.24. The molecule has 1 aliphatic heterocycles. The second-order valence-corrected chi connectivity index (χ2v) is 7.07. The zero-order valence-electron chi connectivity index (χ0n) is 16.1. The molecule has 4 rings (SSSR count). The van der Waals surface area contributed by atoms with Gasteiger partial charge in [0.15, 0.2) is 0 Å². The topological polar surface area (TPSA) is 99.3 Å². The summed E-state index contributed by atoms with van der Waals surface area (Å²) in [5.74, 6) is -0.118. The van der Waals surface area contributed by atoms with Gasteiger partial charge in [-0.05, 0) is 23.8 Å². The molecule has 1 N–H and O–H groups in total.